The fraction of sp³-hybridized carbons (Fsp3) is 0.409. The summed E-state index contributed by atoms with van der Waals surface area (Å²) in [4.78, 5) is 6.56. The van der Waals surface area contributed by atoms with E-state index in [-0.39, 0.29) is 0 Å². The van der Waals surface area contributed by atoms with Crippen LogP contribution >= 0.6 is 0 Å². The molecule has 0 aromatic heterocycles. The predicted octanol–water partition coefficient (Wildman–Crippen LogP) is 3.45. The van der Waals surface area contributed by atoms with Gasteiger partial charge >= 0.3 is 6.18 Å². The van der Waals surface area contributed by atoms with Crippen molar-refractivity contribution >= 4 is 11.6 Å². The molecule has 2 aromatic rings. The summed E-state index contributed by atoms with van der Waals surface area (Å²) in [5.41, 5.74) is 2.57. The van der Waals surface area contributed by atoms with Crippen LogP contribution in [0.5, 0.6) is 0 Å². The van der Waals surface area contributed by atoms with Crippen LogP contribution in [-0.4, -0.2) is 45.9 Å². The van der Waals surface area contributed by atoms with Gasteiger partial charge in [-0.1, -0.05) is 30.3 Å². The van der Waals surface area contributed by atoms with Gasteiger partial charge in [0.15, 0.2) is 5.96 Å². The molecule has 8 heteroatoms. The van der Waals surface area contributed by atoms with Crippen LogP contribution in [0.15, 0.2) is 53.5 Å². The highest BCUT2D eigenvalue weighted by Gasteiger charge is 2.29. The van der Waals surface area contributed by atoms with Crippen LogP contribution in [-0.2, 0) is 23.9 Å². The summed E-state index contributed by atoms with van der Waals surface area (Å²) < 4.78 is 43.4. The van der Waals surface area contributed by atoms with Crippen molar-refractivity contribution in [1.29, 1.82) is 0 Å². The van der Waals surface area contributed by atoms with Gasteiger partial charge in [0.1, 0.15) is 0 Å². The van der Waals surface area contributed by atoms with E-state index < -0.39 is 11.7 Å². The number of ether oxygens (including phenoxy) is 1. The van der Waals surface area contributed by atoms with Gasteiger partial charge in [-0.05, 0) is 35.7 Å². The maximum Gasteiger partial charge on any atom is 0.416 e. The summed E-state index contributed by atoms with van der Waals surface area (Å²) in [5, 5.41) is 6.53. The molecule has 30 heavy (non-hydrogen) atoms. The third kappa shape index (κ3) is 6.13. The van der Waals surface area contributed by atoms with Crippen molar-refractivity contribution in [3.8, 4) is 0 Å². The Kier molecular flexibility index (Phi) is 7.57. The van der Waals surface area contributed by atoms with E-state index in [0.29, 0.717) is 25.5 Å². The van der Waals surface area contributed by atoms with E-state index in [2.05, 4.69) is 32.7 Å². The number of halogens is 3. The van der Waals surface area contributed by atoms with E-state index in [4.69, 9.17) is 4.74 Å². The maximum atomic E-state index is 12.6. The Balaban J connectivity index is 1.50. The summed E-state index contributed by atoms with van der Waals surface area (Å²) in [6.07, 6.45) is -3.70. The average molecular weight is 420 g/mol. The largest absolute Gasteiger partial charge is 0.416 e. The molecule has 1 aliphatic heterocycles. The van der Waals surface area contributed by atoms with Gasteiger partial charge < -0.3 is 20.3 Å². The van der Waals surface area contributed by atoms with Gasteiger partial charge in [-0.25, -0.2) is 0 Å². The zero-order valence-corrected chi connectivity index (χ0v) is 17.0. The molecule has 1 heterocycles. The molecule has 5 nitrogen and oxygen atoms in total. The zero-order chi connectivity index (χ0) is 21.4. The Bertz CT molecular complexity index is 831. The third-order valence-electron chi connectivity index (χ3n) is 5.00. The van der Waals surface area contributed by atoms with E-state index in [1.165, 1.54) is 23.4 Å². The highest BCUT2D eigenvalue weighted by atomic mass is 19.4. The van der Waals surface area contributed by atoms with E-state index in [0.717, 1.165) is 44.0 Å². The molecule has 2 aromatic carbocycles. The molecule has 0 atom stereocenters. The molecule has 1 fully saturated rings. The van der Waals surface area contributed by atoms with Crippen LogP contribution < -0.4 is 15.5 Å². The first-order valence-electron chi connectivity index (χ1n) is 9.98. The lowest BCUT2D eigenvalue weighted by molar-refractivity contribution is -0.137. The molecule has 1 aliphatic rings. The number of benzene rings is 2. The summed E-state index contributed by atoms with van der Waals surface area (Å²) in [7, 11) is 1.70. The zero-order valence-electron chi connectivity index (χ0n) is 17.0. The van der Waals surface area contributed by atoms with Crippen LogP contribution in [0.2, 0.25) is 0 Å². The molecule has 0 aliphatic carbocycles. The number of hydrogen-bond donors (Lipinski definition) is 2. The molecule has 0 radical (unpaired) electrons. The number of nitrogens with zero attached hydrogens (tertiary/aromatic N) is 2. The van der Waals surface area contributed by atoms with E-state index >= 15 is 0 Å². The summed E-state index contributed by atoms with van der Waals surface area (Å²) >= 11 is 0. The van der Waals surface area contributed by atoms with Crippen LogP contribution in [0, 0.1) is 0 Å². The predicted molar refractivity (Wildman–Crippen MR) is 113 cm³/mol. The van der Waals surface area contributed by atoms with Crippen LogP contribution in [0.1, 0.15) is 16.7 Å². The first-order chi connectivity index (χ1) is 14.5. The van der Waals surface area contributed by atoms with Crippen LogP contribution in [0.25, 0.3) is 0 Å². The minimum absolute atomic E-state index is 0.566. The Morgan fingerprint density at radius 2 is 1.73 bits per heavy atom. The van der Waals surface area contributed by atoms with Crippen LogP contribution in [0.4, 0.5) is 18.9 Å². The molecule has 0 spiro atoms. The quantitative estimate of drug-likeness (QED) is 0.555. The van der Waals surface area contributed by atoms with Crippen molar-refractivity contribution in [1.82, 2.24) is 10.6 Å². The fourth-order valence-electron chi connectivity index (χ4n) is 3.36. The highest BCUT2D eigenvalue weighted by molar-refractivity contribution is 5.79. The van der Waals surface area contributed by atoms with Crippen molar-refractivity contribution in [2.24, 2.45) is 4.99 Å². The lowest BCUT2D eigenvalue weighted by Gasteiger charge is -2.30. The fourth-order valence-corrected chi connectivity index (χ4v) is 3.36. The monoisotopic (exact) mass is 420 g/mol. The number of rotatable bonds is 6. The second kappa shape index (κ2) is 10.3. The molecular weight excluding hydrogens is 393 g/mol. The van der Waals surface area contributed by atoms with Crippen molar-refractivity contribution in [2.75, 3.05) is 44.8 Å². The molecule has 0 bridgehead atoms. The molecule has 162 valence electrons. The number of morpholine rings is 1. The lowest BCUT2D eigenvalue weighted by Crippen LogP contribution is -2.39. The number of guanidine groups is 1. The number of nitrogens with one attached hydrogen (secondary N) is 2. The number of hydrogen-bond acceptors (Lipinski definition) is 3. The van der Waals surface area contributed by atoms with E-state index in [1.807, 2.05) is 12.1 Å². The molecule has 0 unspecified atom stereocenters. The molecule has 2 N–H and O–H groups in total. The normalized spacial score (nSPS) is 15.2. The van der Waals surface area contributed by atoms with Gasteiger partial charge in [-0.15, -0.1) is 0 Å². The average Bonchev–Trinajstić information content (AvgIpc) is 2.76. The van der Waals surface area contributed by atoms with Crippen molar-refractivity contribution < 1.29 is 17.9 Å². The van der Waals surface area contributed by atoms with Gasteiger partial charge in [-0.2, -0.15) is 13.2 Å². The minimum Gasteiger partial charge on any atom is -0.378 e. The standard InChI is InChI=1S/C22H27F3N4O/c1-26-21(27-11-10-17-6-8-19(9-7-17)22(23,24)25)28-16-18-4-2-3-5-20(18)29-12-14-30-15-13-29/h2-9H,10-16H2,1H3,(H2,26,27,28). The minimum atomic E-state index is -4.31. The van der Waals surface area contributed by atoms with Gasteiger partial charge in [0.25, 0.3) is 0 Å². The smallest absolute Gasteiger partial charge is 0.378 e. The second-order valence-corrected chi connectivity index (χ2v) is 7.03. The van der Waals surface area contributed by atoms with E-state index in [1.54, 1.807) is 7.05 Å². The second-order valence-electron chi connectivity index (χ2n) is 7.03. The number of alkyl halides is 3. The van der Waals surface area contributed by atoms with Crippen molar-refractivity contribution in [2.45, 2.75) is 19.1 Å². The van der Waals surface area contributed by atoms with Gasteiger partial charge in [0.2, 0.25) is 0 Å². The molecule has 1 saturated heterocycles. The SMILES string of the molecule is CN=C(NCCc1ccc(C(F)(F)F)cc1)NCc1ccccc1N1CCOCC1. The Morgan fingerprint density at radius 1 is 1.03 bits per heavy atom. The summed E-state index contributed by atoms with van der Waals surface area (Å²) in [6.45, 7) is 4.39. The third-order valence-corrected chi connectivity index (χ3v) is 5.00. The Morgan fingerprint density at radius 3 is 2.40 bits per heavy atom. The highest BCUT2D eigenvalue weighted by Crippen LogP contribution is 2.29. The van der Waals surface area contributed by atoms with Gasteiger partial charge in [0, 0.05) is 38.9 Å². The topological polar surface area (TPSA) is 48.9 Å². The maximum absolute atomic E-state index is 12.6. The van der Waals surface area contributed by atoms with Crippen LogP contribution in [0.3, 0.4) is 0 Å². The summed E-state index contributed by atoms with van der Waals surface area (Å²) in [5.74, 6) is 0.652. The Labute approximate surface area is 174 Å². The van der Waals surface area contributed by atoms with Gasteiger partial charge in [0.05, 0.1) is 18.8 Å². The summed E-state index contributed by atoms with van der Waals surface area (Å²) in [6, 6.07) is 13.5. The first kappa shape index (κ1) is 22.0. The molecule has 0 amide bonds. The Hall–Kier alpha value is -2.74. The number of anilines is 1. The number of aliphatic imine (C=N–C) groups is 1. The van der Waals surface area contributed by atoms with Crippen molar-refractivity contribution in [3.05, 3.63) is 65.2 Å². The first-order valence-corrected chi connectivity index (χ1v) is 9.98. The lowest BCUT2D eigenvalue weighted by atomic mass is 10.1. The van der Waals surface area contributed by atoms with Gasteiger partial charge in [-0.3, -0.25) is 4.99 Å². The molecular formula is C22H27F3N4O. The van der Waals surface area contributed by atoms with E-state index in [9.17, 15) is 13.2 Å². The molecule has 3 rings (SSSR count). The molecule has 0 saturated carbocycles. The van der Waals surface area contributed by atoms with Crippen molar-refractivity contribution in [3.63, 3.8) is 0 Å². The number of para-hydroxylation sites is 1.